The fourth-order valence-electron chi connectivity index (χ4n) is 4.32. The zero-order valence-electron chi connectivity index (χ0n) is 20.1. The summed E-state index contributed by atoms with van der Waals surface area (Å²) in [4.78, 5) is 29.4. The predicted octanol–water partition coefficient (Wildman–Crippen LogP) is 3.10. The zero-order valence-corrected chi connectivity index (χ0v) is 20.1. The average Bonchev–Trinajstić information content (AvgIpc) is 3.35. The van der Waals surface area contributed by atoms with Crippen LogP contribution in [0, 0.1) is 11.3 Å². The van der Waals surface area contributed by atoms with E-state index >= 15 is 0 Å². The van der Waals surface area contributed by atoms with Gasteiger partial charge in [-0.2, -0.15) is 5.26 Å². The minimum absolute atomic E-state index is 0.363. The highest BCUT2D eigenvalue weighted by Gasteiger charge is 2.30. The second-order valence-electron chi connectivity index (χ2n) is 8.93. The molecule has 1 fully saturated rings. The topological polar surface area (TPSA) is 124 Å². The van der Waals surface area contributed by atoms with E-state index in [0.29, 0.717) is 30.2 Å². The molecule has 0 spiro atoms. The normalized spacial score (nSPS) is 15.3. The van der Waals surface area contributed by atoms with Gasteiger partial charge in [0.1, 0.15) is 12.1 Å². The molecule has 1 saturated heterocycles. The van der Waals surface area contributed by atoms with Crippen molar-refractivity contribution >= 4 is 23.2 Å². The summed E-state index contributed by atoms with van der Waals surface area (Å²) >= 11 is 0. The van der Waals surface area contributed by atoms with Crippen molar-refractivity contribution in [1.29, 1.82) is 5.26 Å². The minimum Gasteiger partial charge on any atom is -0.368 e. The molecule has 9 heteroatoms. The second kappa shape index (κ2) is 10.9. The summed E-state index contributed by atoms with van der Waals surface area (Å²) in [6.07, 6.45) is 7.02. The van der Waals surface area contributed by atoms with Crippen LogP contribution in [0.15, 0.2) is 48.8 Å². The van der Waals surface area contributed by atoms with Gasteiger partial charge < -0.3 is 20.9 Å². The van der Waals surface area contributed by atoms with E-state index in [1.54, 1.807) is 24.5 Å². The van der Waals surface area contributed by atoms with Crippen molar-refractivity contribution in [2.75, 3.05) is 37.4 Å². The minimum atomic E-state index is -0.379. The number of pyridine rings is 1. The summed E-state index contributed by atoms with van der Waals surface area (Å²) in [5.41, 5.74) is 10.1. The lowest BCUT2D eigenvalue weighted by Crippen LogP contribution is -2.40. The van der Waals surface area contributed by atoms with E-state index in [4.69, 9.17) is 5.73 Å². The highest BCUT2D eigenvalue weighted by molar-refractivity contribution is 5.85. The number of amides is 1. The monoisotopic (exact) mass is 470 g/mol. The highest BCUT2D eigenvalue weighted by atomic mass is 16.1. The quantitative estimate of drug-likeness (QED) is 0.489. The fourth-order valence-corrected chi connectivity index (χ4v) is 4.32. The van der Waals surface area contributed by atoms with Crippen molar-refractivity contribution in [1.82, 2.24) is 19.9 Å². The third kappa shape index (κ3) is 5.91. The number of hydrogen-bond donors (Lipinski definition) is 2. The molecule has 1 aliphatic rings. The molecular weight excluding hydrogens is 440 g/mol. The maximum Gasteiger partial charge on any atom is 0.240 e. The van der Waals surface area contributed by atoms with Gasteiger partial charge in [-0.3, -0.25) is 9.78 Å². The molecule has 1 atom stereocenters. The molecule has 2 aromatic heterocycles. The lowest BCUT2D eigenvalue weighted by Gasteiger charge is -2.25. The Kier molecular flexibility index (Phi) is 7.53. The molecule has 3 N–H and O–H groups in total. The lowest BCUT2D eigenvalue weighted by atomic mass is 10.0. The molecule has 35 heavy (non-hydrogen) atoms. The number of rotatable bonds is 9. The number of aryl methyl sites for hydroxylation is 1. The Bertz CT molecular complexity index is 1220. The van der Waals surface area contributed by atoms with Crippen LogP contribution in [-0.4, -0.2) is 59.0 Å². The van der Waals surface area contributed by atoms with Crippen LogP contribution >= 0.6 is 0 Å². The third-order valence-corrected chi connectivity index (χ3v) is 6.08. The molecule has 1 amide bonds. The number of aromatic nitrogens is 3. The molecule has 9 nitrogen and oxygen atoms in total. The third-order valence-electron chi connectivity index (χ3n) is 6.08. The first-order valence-corrected chi connectivity index (χ1v) is 11.7. The first-order chi connectivity index (χ1) is 16.9. The van der Waals surface area contributed by atoms with Crippen molar-refractivity contribution in [2.24, 2.45) is 5.73 Å². The Morgan fingerprint density at radius 2 is 2.11 bits per heavy atom. The van der Waals surface area contributed by atoms with Gasteiger partial charge in [0.05, 0.1) is 28.8 Å². The summed E-state index contributed by atoms with van der Waals surface area (Å²) < 4.78 is 0. The van der Waals surface area contributed by atoms with Crippen molar-refractivity contribution < 1.29 is 4.79 Å². The smallest absolute Gasteiger partial charge is 0.240 e. The van der Waals surface area contributed by atoms with Crippen LogP contribution in [0.3, 0.4) is 0 Å². The number of benzene rings is 1. The van der Waals surface area contributed by atoms with E-state index in [2.05, 4.69) is 45.3 Å². The molecular formula is C26H30N8O. The largest absolute Gasteiger partial charge is 0.368 e. The maximum absolute atomic E-state index is 11.8. The van der Waals surface area contributed by atoms with Crippen LogP contribution in [0.1, 0.15) is 30.5 Å². The first kappa shape index (κ1) is 24.1. The van der Waals surface area contributed by atoms with Crippen LogP contribution in [0.2, 0.25) is 0 Å². The Hall–Kier alpha value is -4.03. The van der Waals surface area contributed by atoms with Gasteiger partial charge in [0.2, 0.25) is 11.9 Å². The number of nitrogens with two attached hydrogens (primary N) is 1. The Morgan fingerprint density at radius 1 is 1.26 bits per heavy atom. The summed E-state index contributed by atoms with van der Waals surface area (Å²) in [6.45, 7) is 1.73. The van der Waals surface area contributed by atoms with E-state index in [-0.39, 0.29) is 11.9 Å². The Labute approximate surface area is 205 Å². The molecule has 180 valence electrons. The van der Waals surface area contributed by atoms with Gasteiger partial charge in [-0.15, -0.1) is 0 Å². The number of hydrogen-bond acceptors (Lipinski definition) is 8. The number of nitriles is 1. The molecule has 1 aromatic carbocycles. The standard InChI is InChI=1S/C26H30N8O/c1-33(2)13-3-5-20-8-9-21(17-30-20)31-26-29-12-11-22(32-26)18-7-10-23(19(15-18)16-27)34-14-4-6-24(34)25(28)35/h7-12,15,17,24H,3-6,13-14H2,1-2H3,(H2,28,35)(H,29,31,32)/t24-/m1/s1. The number of carbonyl (C=O) groups is 1. The number of anilines is 3. The molecule has 0 aliphatic carbocycles. The molecule has 4 rings (SSSR count). The van der Waals surface area contributed by atoms with Gasteiger partial charge in [-0.25, -0.2) is 9.97 Å². The van der Waals surface area contributed by atoms with Crippen molar-refractivity contribution in [3.8, 4) is 17.3 Å². The van der Waals surface area contributed by atoms with Crippen LogP contribution in [0.5, 0.6) is 0 Å². The van der Waals surface area contributed by atoms with Gasteiger partial charge in [0.15, 0.2) is 0 Å². The van der Waals surface area contributed by atoms with E-state index in [1.165, 1.54) is 0 Å². The lowest BCUT2D eigenvalue weighted by molar-refractivity contribution is -0.119. The van der Waals surface area contributed by atoms with Crippen molar-refractivity contribution in [2.45, 2.75) is 31.7 Å². The number of primary amides is 1. The van der Waals surface area contributed by atoms with Crippen molar-refractivity contribution in [3.63, 3.8) is 0 Å². The number of carbonyl (C=O) groups excluding carboxylic acids is 1. The second-order valence-corrected chi connectivity index (χ2v) is 8.93. The van der Waals surface area contributed by atoms with E-state index in [0.717, 1.165) is 48.4 Å². The SMILES string of the molecule is CN(C)CCCc1ccc(Nc2nccc(-c3ccc(N4CCC[C@@H]4C(N)=O)c(C#N)c3)n2)cn1. The Morgan fingerprint density at radius 3 is 2.83 bits per heavy atom. The van der Waals surface area contributed by atoms with E-state index < -0.39 is 0 Å². The molecule has 3 aromatic rings. The number of nitrogens with one attached hydrogen (secondary N) is 1. The summed E-state index contributed by atoms with van der Waals surface area (Å²) in [6, 6.07) is 13.2. The van der Waals surface area contributed by atoms with E-state index in [1.807, 2.05) is 29.2 Å². The molecule has 3 heterocycles. The van der Waals surface area contributed by atoms with Crippen LogP contribution in [0.4, 0.5) is 17.3 Å². The summed E-state index contributed by atoms with van der Waals surface area (Å²) in [5.74, 6) is 0.0821. The van der Waals surface area contributed by atoms with Crippen LogP contribution in [-0.2, 0) is 11.2 Å². The first-order valence-electron chi connectivity index (χ1n) is 11.7. The van der Waals surface area contributed by atoms with Gasteiger partial charge in [-0.1, -0.05) is 6.07 Å². The van der Waals surface area contributed by atoms with Gasteiger partial charge >= 0.3 is 0 Å². The molecule has 0 saturated carbocycles. The summed E-state index contributed by atoms with van der Waals surface area (Å²) in [7, 11) is 4.13. The van der Waals surface area contributed by atoms with Gasteiger partial charge in [0, 0.05) is 24.0 Å². The fraction of sp³-hybridized carbons (Fsp3) is 0.346. The van der Waals surface area contributed by atoms with Gasteiger partial charge in [-0.05, 0) is 76.7 Å². The molecule has 0 unspecified atom stereocenters. The summed E-state index contributed by atoms with van der Waals surface area (Å²) in [5, 5.41) is 13.0. The van der Waals surface area contributed by atoms with Crippen molar-refractivity contribution in [3.05, 3.63) is 60.0 Å². The average molecular weight is 471 g/mol. The highest BCUT2D eigenvalue weighted by Crippen LogP contribution is 2.31. The van der Waals surface area contributed by atoms with Crippen LogP contribution < -0.4 is 16.0 Å². The maximum atomic E-state index is 11.8. The molecule has 0 radical (unpaired) electrons. The molecule has 1 aliphatic heterocycles. The van der Waals surface area contributed by atoms with Gasteiger partial charge in [0.25, 0.3) is 0 Å². The predicted molar refractivity (Wildman–Crippen MR) is 136 cm³/mol. The molecule has 0 bridgehead atoms. The van der Waals surface area contributed by atoms with E-state index in [9.17, 15) is 10.1 Å². The van der Waals surface area contributed by atoms with Crippen LogP contribution in [0.25, 0.3) is 11.3 Å². The number of nitrogens with zero attached hydrogens (tertiary/aromatic N) is 6. The zero-order chi connectivity index (χ0) is 24.8. The Balaban J connectivity index is 1.49.